The van der Waals surface area contributed by atoms with Gasteiger partial charge in [-0.3, -0.25) is 14.4 Å². The van der Waals surface area contributed by atoms with Gasteiger partial charge in [-0.15, -0.1) is 0 Å². The summed E-state index contributed by atoms with van der Waals surface area (Å²) in [6, 6.07) is -3.56. The van der Waals surface area contributed by atoms with Crippen LogP contribution in [0.5, 0.6) is 0 Å². The molecule has 0 saturated heterocycles. The third-order valence-electron chi connectivity index (χ3n) is 3.67. The molecular formula is C14H26N4O6. The molecule has 0 fully saturated rings. The van der Waals surface area contributed by atoms with Crippen molar-refractivity contribution in [2.24, 2.45) is 17.4 Å². The molecule has 0 aliphatic carbocycles. The van der Waals surface area contributed by atoms with Gasteiger partial charge >= 0.3 is 5.97 Å². The maximum Gasteiger partial charge on any atom is 0.328 e. The average molecular weight is 346 g/mol. The number of hydrogen-bond acceptors (Lipinski definition) is 6. The number of aliphatic carboxylic acids is 1. The Labute approximate surface area is 139 Å². The number of amides is 3. The molecule has 0 rings (SSSR count). The molecule has 138 valence electrons. The topological polar surface area (TPSA) is 185 Å². The maximum absolute atomic E-state index is 12.1. The summed E-state index contributed by atoms with van der Waals surface area (Å²) in [4.78, 5) is 46.0. The fraction of sp³-hybridized carbons (Fsp3) is 0.714. The number of nitrogens with one attached hydrogen (secondary N) is 2. The van der Waals surface area contributed by atoms with Gasteiger partial charge in [0.1, 0.15) is 12.1 Å². The van der Waals surface area contributed by atoms with Crippen LogP contribution in [-0.2, 0) is 19.2 Å². The van der Waals surface area contributed by atoms with Crippen molar-refractivity contribution in [1.82, 2.24) is 10.6 Å². The van der Waals surface area contributed by atoms with Crippen LogP contribution in [-0.4, -0.2) is 58.6 Å². The average Bonchev–Trinajstić information content (AvgIpc) is 2.53. The molecule has 0 aromatic rings. The van der Waals surface area contributed by atoms with Crippen LogP contribution in [0, 0.1) is 5.92 Å². The van der Waals surface area contributed by atoms with E-state index < -0.39 is 48.4 Å². The molecule has 0 aliphatic heterocycles. The van der Waals surface area contributed by atoms with E-state index in [-0.39, 0.29) is 18.8 Å². The van der Waals surface area contributed by atoms with Crippen molar-refractivity contribution in [2.75, 3.05) is 6.61 Å². The highest BCUT2D eigenvalue weighted by atomic mass is 16.4. The van der Waals surface area contributed by atoms with Crippen molar-refractivity contribution in [1.29, 1.82) is 0 Å². The Kier molecular flexibility index (Phi) is 9.58. The van der Waals surface area contributed by atoms with Crippen molar-refractivity contribution in [3.63, 3.8) is 0 Å². The van der Waals surface area contributed by atoms with Gasteiger partial charge in [0.05, 0.1) is 12.6 Å². The summed E-state index contributed by atoms with van der Waals surface area (Å²) in [5, 5.41) is 22.3. The van der Waals surface area contributed by atoms with Gasteiger partial charge in [0.15, 0.2) is 0 Å². The number of aliphatic hydroxyl groups is 1. The molecular weight excluding hydrogens is 320 g/mol. The van der Waals surface area contributed by atoms with E-state index in [1.54, 1.807) is 6.92 Å². The Morgan fingerprint density at radius 2 is 1.62 bits per heavy atom. The Morgan fingerprint density at radius 1 is 1.08 bits per heavy atom. The zero-order valence-electron chi connectivity index (χ0n) is 13.8. The van der Waals surface area contributed by atoms with Crippen LogP contribution in [0.1, 0.15) is 33.1 Å². The maximum atomic E-state index is 12.1. The Morgan fingerprint density at radius 3 is 2.04 bits per heavy atom. The highest BCUT2D eigenvalue weighted by molar-refractivity contribution is 5.92. The normalized spacial score (nSPS) is 15.7. The van der Waals surface area contributed by atoms with Gasteiger partial charge in [-0.25, -0.2) is 4.79 Å². The highest BCUT2D eigenvalue weighted by Crippen LogP contribution is 2.07. The summed E-state index contributed by atoms with van der Waals surface area (Å²) in [5.74, 6) is -3.67. The molecule has 0 aromatic carbocycles. The van der Waals surface area contributed by atoms with Gasteiger partial charge in [-0.05, 0) is 12.3 Å². The van der Waals surface area contributed by atoms with Crippen LogP contribution < -0.4 is 22.1 Å². The smallest absolute Gasteiger partial charge is 0.328 e. The third-order valence-corrected chi connectivity index (χ3v) is 3.67. The van der Waals surface area contributed by atoms with Gasteiger partial charge in [-0.1, -0.05) is 20.3 Å². The monoisotopic (exact) mass is 346 g/mol. The van der Waals surface area contributed by atoms with E-state index in [9.17, 15) is 19.2 Å². The van der Waals surface area contributed by atoms with Crippen LogP contribution in [0.2, 0.25) is 0 Å². The molecule has 10 nitrogen and oxygen atoms in total. The Bertz CT molecular complexity index is 470. The number of carboxylic acid groups (broad SMARTS) is 1. The molecule has 0 radical (unpaired) electrons. The fourth-order valence-corrected chi connectivity index (χ4v) is 1.79. The summed E-state index contributed by atoms with van der Waals surface area (Å²) in [7, 11) is 0. The lowest BCUT2D eigenvalue weighted by Gasteiger charge is -2.23. The summed E-state index contributed by atoms with van der Waals surface area (Å²) < 4.78 is 0. The largest absolute Gasteiger partial charge is 0.480 e. The van der Waals surface area contributed by atoms with Gasteiger partial charge in [0.25, 0.3) is 0 Å². The van der Waals surface area contributed by atoms with E-state index in [0.717, 1.165) is 0 Å². The van der Waals surface area contributed by atoms with E-state index in [2.05, 4.69) is 10.6 Å². The van der Waals surface area contributed by atoms with Gasteiger partial charge in [0.2, 0.25) is 17.7 Å². The summed E-state index contributed by atoms with van der Waals surface area (Å²) in [6.45, 7) is 2.81. The van der Waals surface area contributed by atoms with Crippen LogP contribution in [0.15, 0.2) is 0 Å². The first-order chi connectivity index (χ1) is 11.1. The number of aliphatic hydroxyl groups excluding tert-OH is 1. The molecule has 8 N–H and O–H groups in total. The predicted octanol–water partition coefficient (Wildman–Crippen LogP) is -2.33. The summed E-state index contributed by atoms with van der Waals surface area (Å²) >= 11 is 0. The minimum absolute atomic E-state index is 0.113. The highest BCUT2D eigenvalue weighted by Gasteiger charge is 2.29. The standard InChI is InChI=1S/C14H26N4O6/c1-3-7(2)11(16)13(22)17-8(4-5-10(15)20)12(21)18-9(6-19)14(23)24/h7-9,11,19H,3-6,16H2,1-2H3,(H2,15,20)(H,17,22)(H,18,21)(H,23,24). The summed E-state index contributed by atoms with van der Waals surface area (Å²) in [5.41, 5.74) is 10.8. The van der Waals surface area contributed by atoms with Crippen LogP contribution in [0.3, 0.4) is 0 Å². The van der Waals surface area contributed by atoms with Crippen molar-refractivity contribution in [2.45, 2.75) is 51.2 Å². The number of nitrogens with two attached hydrogens (primary N) is 2. The molecule has 0 aromatic heterocycles. The molecule has 0 bridgehead atoms. The quantitative estimate of drug-likeness (QED) is 0.242. The molecule has 24 heavy (non-hydrogen) atoms. The van der Waals surface area contributed by atoms with Crippen molar-refractivity contribution >= 4 is 23.7 Å². The number of carbonyl (C=O) groups excluding carboxylic acids is 3. The van der Waals surface area contributed by atoms with E-state index in [0.29, 0.717) is 6.42 Å². The second-order valence-electron chi connectivity index (χ2n) is 5.56. The molecule has 4 atom stereocenters. The lowest BCUT2D eigenvalue weighted by atomic mass is 9.98. The van der Waals surface area contributed by atoms with Crippen LogP contribution in [0.25, 0.3) is 0 Å². The SMILES string of the molecule is CCC(C)C(N)C(=O)NC(CCC(N)=O)C(=O)NC(CO)C(=O)O. The first-order valence-corrected chi connectivity index (χ1v) is 7.62. The van der Waals surface area contributed by atoms with E-state index >= 15 is 0 Å². The molecule has 0 spiro atoms. The van der Waals surface area contributed by atoms with Crippen molar-refractivity contribution in [3.8, 4) is 0 Å². The van der Waals surface area contributed by atoms with E-state index in [1.807, 2.05) is 6.92 Å². The van der Waals surface area contributed by atoms with Crippen molar-refractivity contribution in [3.05, 3.63) is 0 Å². The zero-order valence-corrected chi connectivity index (χ0v) is 13.8. The number of rotatable bonds is 11. The molecule has 4 unspecified atom stereocenters. The molecule has 0 aliphatic rings. The third kappa shape index (κ3) is 7.38. The summed E-state index contributed by atoms with van der Waals surface area (Å²) in [6.07, 6.45) is 0.351. The van der Waals surface area contributed by atoms with Gasteiger partial charge in [0, 0.05) is 6.42 Å². The van der Waals surface area contributed by atoms with Crippen LogP contribution in [0.4, 0.5) is 0 Å². The second-order valence-corrected chi connectivity index (χ2v) is 5.56. The Balaban J connectivity index is 5.02. The number of carboxylic acids is 1. The number of carbonyl (C=O) groups is 4. The number of hydrogen-bond donors (Lipinski definition) is 6. The zero-order chi connectivity index (χ0) is 18.9. The first kappa shape index (κ1) is 21.8. The Hall–Kier alpha value is -2.20. The van der Waals surface area contributed by atoms with Gasteiger partial charge in [-0.2, -0.15) is 0 Å². The predicted molar refractivity (Wildman–Crippen MR) is 84.4 cm³/mol. The van der Waals surface area contributed by atoms with Gasteiger partial charge < -0.3 is 32.3 Å². The first-order valence-electron chi connectivity index (χ1n) is 7.62. The minimum atomic E-state index is -1.52. The van der Waals surface area contributed by atoms with Crippen molar-refractivity contribution < 1.29 is 29.4 Å². The number of primary amides is 1. The minimum Gasteiger partial charge on any atom is -0.480 e. The molecule has 0 saturated carbocycles. The molecule has 0 heterocycles. The lowest BCUT2D eigenvalue weighted by molar-refractivity contribution is -0.143. The molecule has 3 amide bonds. The van der Waals surface area contributed by atoms with Crippen LogP contribution >= 0.6 is 0 Å². The van der Waals surface area contributed by atoms with E-state index in [4.69, 9.17) is 21.7 Å². The second kappa shape index (κ2) is 10.6. The van der Waals surface area contributed by atoms with E-state index in [1.165, 1.54) is 0 Å². The lowest BCUT2D eigenvalue weighted by Crippen LogP contribution is -2.56. The molecule has 10 heteroatoms. The fourth-order valence-electron chi connectivity index (χ4n) is 1.79.